The fraction of sp³-hybridized carbons (Fsp3) is 0.280. The minimum Gasteiger partial charge on any atom is -0.496 e. The predicted molar refractivity (Wildman–Crippen MR) is 131 cm³/mol. The summed E-state index contributed by atoms with van der Waals surface area (Å²) in [5, 5.41) is 6.14. The third-order valence-electron chi connectivity index (χ3n) is 5.71. The summed E-state index contributed by atoms with van der Waals surface area (Å²) in [4.78, 5) is 12.5. The molecule has 4 rings (SSSR count). The van der Waals surface area contributed by atoms with Crippen LogP contribution >= 0.6 is 0 Å². The van der Waals surface area contributed by atoms with E-state index >= 15 is 0 Å². The quantitative estimate of drug-likeness (QED) is 0.394. The van der Waals surface area contributed by atoms with Gasteiger partial charge in [-0.05, 0) is 41.0 Å². The van der Waals surface area contributed by atoms with Crippen molar-refractivity contribution in [2.45, 2.75) is 17.7 Å². The molecule has 0 radical (unpaired) electrons. The maximum atomic E-state index is 12.7. The molecule has 3 aromatic rings. The summed E-state index contributed by atoms with van der Waals surface area (Å²) >= 11 is 0. The van der Waals surface area contributed by atoms with Gasteiger partial charge in [0.25, 0.3) is 0 Å². The lowest BCUT2D eigenvalue weighted by molar-refractivity contribution is -0.121. The Hall–Kier alpha value is -3.27. The van der Waals surface area contributed by atoms with Crippen LogP contribution in [-0.4, -0.2) is 58.3 Å². The van der Waals surface area contributed by atoms with Crippen LogP contribution in [-0.2, 0) is 26.0 Å². The number of amides is 1. The van der Waals surface area contributed by atoms with Gasteiger partial charge in [0.15, 0.2) is 0 Å². The lowest BCUT2D eigenvalue weighted by Crippen LogP contribution is -2.40. The number of aryl methyl sites for hydroxylation is 1. The second-order valence-corrected chi connectivity index (χ2v) is 9.79. The number of methoxy groups -OCH3 is 1. The summed E-state index contributed by atoms with van der Waals surface area (Å²) in [6.45, 7) is 1.52. The average Bonchev–Trinajstić information content (AvgIpc) is 2.88. The molecule has 0 atom stereocenters. The van der Waals surface area contributed by atoms with Crippen molar-refractivity contribution in [1.29, 1.82) is 0 Å². The second-order valence-electron chi connectivity index (χ2n) is 7.86. The van der Waals surface area contributed by atoms with Gasteiger partial charge in [-0.3, -0.25) is 4.79 Å². The summed E-state index contributed by atoms with van der Waals surface area (Å²) in [6.07, 6.45) is 2.28. The first kappa shape index (κ1) is 23.9. The van der Waals surface area contributed by atoms with Crippen LogP contribution in [0.1, 0.15) is 17.5 Å². The van der Waals surface area contributed by atoms with Gasteiger partial charge in [-0.2, -0.15) is 9.41 Å². The molecule has 1 heterocycles. The molecule has 0 spiro atoms. The summed E-state index contributed by atoms with van der Waals surface area (Å²) in [5.74, 6) is 0.435. The molecule has 1 N–H and O–H groups in total. The van der Waals surface area contributed by atoms with Gasteiger partial charge in [0.05, 0.1) is 31.4 Å². The van der Waals surface area contributed by atoms with Crippen LogP contribution in [0.4, 0.5) is 0 Å². The normalized spacial score (nSPS) is 15.0. The largest absolute Gasteiger partial charge is 0.496 e. The van der Waals surface area contributed by atoms with Gasteiger partial charge in [0.2, 0.25) is 15.9 Å². The van der Waals surface area contributed by atoms with Crippen molar-refractivity contribution in [2.24, 2.45) is 5.10 Å². The van der Waals surface area contributed by atoms with E-state index in [-0.39, 0.29) is 17.2 Å². The Morgan fingerprint density at radius 1 is 1.09 bits per heavy atom. The molecular weight excluding hydrogens is 454 g/mol. The van der Waals surface area contributed by atoms with Gasteiger partial charge in [-0.1, -0.05) is 42.5 Å². The zero-order valence-electron chi connectivity index (χ0n) is 18.9. The Kier molecular flexibility index (Phi) is 7.56. The molecule has 0 unspecified atom stereocenters. The van der Waals surface area contributed by atoms with Crippen LogP contribution in [0.15, 0.2) is 70.7 Å². The molecule has 0 saturated carbocycles. The van der Waals surface area contributed by atoms with Gasteiger partial charge >= 0.3 is 0 Å². The van der Waals surface area contributed by atoms with E-state index < -0.39 is 10.0 Å². The number of carbonyl (C=O) groups excluding carboxylic acids is 1. The Balaban J connectivity index is 1.34. The second kappa shape index (κ2) is 10.8. The number of hydrazone groups is 1. The van der Waals surface area contributed by atoms with Gasteiger partial charge in [-0.25, -0.2) is 13.8 Å². The molecule has 0 aromatic heterocycles. The van der Waals surface area contributed by atoms with E-state index in [1.807, 2.05) is 36.4 Å². The van der Waals surface area contributed by atoms with Crippen molar-refractivity contribution >= 4 is 32.9 Å². The van der Waals surface area contributed by atoms with Crippen molar-refractivity contribution in [3.63, 3.8) is 0 Å². The molecule has 0 aliphatic carbocycles. The highest BCUT2D eigenvalue weighted by Gasteiger charge is 2.26. The van der Waals surface area contributed by atoms with Crippen LogP contribution < -0.4 is 10.2 Å². The molecule has 1 saturated heterocycles. The zero-order chi connectivity index (χ0) is 24.0. The Labute approximate surface area is 199 Å². The van der Waals surface area contributed by atoms with Crippen LogP contribution in [0.25, 0.3) is 10.8 Å². The summed E-state index contributed by atoms with van der Waals surface area (Å²) in [5.41, 5.74) is 4.22. The third-order valence-corrected chi connectivity index (χ3v) is 7.62. The molecule has 9 heteroatoms. The highest BCUT2D eigenvalue weighted by molar-refractivity contribution is 7.89. The van der Waals surface area contributed by atoms with E-state index in [0.717, 1.165) is 21.9 Å². The fourth-order valence-corrected chi connectivity index (χ4v) is 5.24. The highest BCUT2D eigenvalue weighted by atomic mass is 32.2. The number of hydrogen-bond acceptors (Lipinski definition) is 6. The molecule has 0 bridgehead atoms. The molecular formula is C25H27N3O5S. The average molecular weight is 482 g/mol. The zero-order valence-corrected chi connectivity index (χ0v) is 19.8. The molecule has 3 aromatic carbocycles. The third kappa shape index (κ3) is 5.44. The summed E-state index contributed by atoms with van der Waals surface area (Å²) in [6, 6.07) is 18.4. The number of morpholine rings is 1. The van der Waals surface area contributed by atoms with E-state index in [4.69, 9.17) is 9.47 Å². The van der Waals surface area contributed by atoms with Gasteiger partial charge < -0.3 is 9.47 Å². The molecule has 34 heavy (non-hydrogen) atoms. The Morgan fingerprint density at radius 2 is 1.82 bits per heavy atom. The monoisotopic (exact) mass is 481 g/mol. The first-order valence-corrected chi connectivity index (χ1v) is 12.5. The molecule has 1 fully saturated rings. The molecule has 1 aliphatic rings. The van der Waals surface area contributed by atoms with E-state index in [1.54, 1.807) is 37.6 Å². The van der Waals surface area contributed by atoms with Crippen molar-refractivity contribution in [2.75, 3.05) is 33.4 Å². The van der Waals surface area contributed by atoms with Crippen molar-refractivity contribution in [1.82, 2.24) is 9.73 Å². The van der Waals surface area contributed by atoms with Crippen molar-refractivity contribution in [3.05, 3.63) is 71.8 Å². The number of rotatable bonds is 8. The van der Waals surface area contributed by atoms with Crippen LogP contribution in [0.5, 0.6) is 5.75 Å². The first-order chi connectivity index (χ1) is 16.5. The SMILES string of the molecule is COc1ccc2ccccc2c1/C=N/NC(=O)CCc1ccc(S(=O)(=O)N2CCOCC2)cc1. The number of carbonyl (C=O) groups is 1. The minimum atomic E-state index is -3.53. The first-order valence-electron chi connectivity index (χ1n) is 11.0. The number of hydrogen-bond donors (Lipinski definition) is 1. The molecule has 1 aliphatic heterocycles. The van der Waals surface area contributed by atoms with E-state index in [1.165, 1.54) is 4.31 Å². The Bertz CT molecular complexity index is 1280. The van der Waals surface area contributed by atoms with Crippen LogP contribution in [0.3, 0.4) is 0 Å². The lowest BCUT2D eigenvalue weighted by Gasteiger charge is -2.26. The van der Waals surface area contributed by atoms with Gasteiger partial charge in [0.1, 0.15) is 5.75 Å². The molecule has 8 nitrogen and oxygen atoms in total. The number of nitrogens with zero attached hydrogens (tertiary/aromatic N) is 2. The standard InChI is InChI=1S/C25H27N3O5S/c1-32-24-12-9-20-4-2-3-5-22(20)23(24)18-26-27-25(29)13-8-19-6-10-21(11-7-19)34(30,31)28-14-16-33-17-15-28/h2-7,9-12,18H,8,13-17H2,1H3,(H,27,29)/b26-18+. The minimum absolute atomic E-state index is 0.222. The fourth-order valence-electron chi connectivity index (χ4n) is 3.83. The van der Waals surface area contributed by atoms with Gasteiger partial charge in [0, 0.05) is 25.1 Å². The Morgan fingerprint density at radius 3 is 2.56 bits per heavy atom. The number of fused-ring (bicyclic) bond motifs is 1. The van der Waals surface area contributed by atoms with E-state index in [2.05, 4.69) is 10.5 Å². The smallest absolute Gasteiger partial charge is 0.243 e. The lowest BCUT2D eigenvalue weighted by atomic mass is 10.0. The van der Waals surface area contributed by atoms with Crippen LogP contribution in [0.2, 0.25) is 0 Å². The van der Waals surface area contributed by atoms with Crippen molar-refractivity contribution in [3.8, 4) is 5.75 Å². The predicted octanol–water partition coefficient (Wildman–Crippen LogP) is 2.95. The number of ether oxygens (including phenoxy) is 2. The highest BCUT2D eigenvalue weighted by Crippen LogP contribution is 2.26. The molecule has 1 amide bonds. The summed E-state index contributed by atoms with van der Waals surface area (Å²) in [7, 11) is -1.93. The van der Waals surface area contributed by atoms with Crippen LogP contribution in [0, 0.1) is 0 Å². The van der Waals surface area contributed by atoms with Crippen molar-refractivity contribution < 1.29 is 22.7 Å². The number of sulfonamides is 1. The maximum absolute atomic E-state index is 12.7. The maximum Gasteiger partial charge on any atom is 0.243 e. The number of benzene rings is 3. The topological polar surface area (TPSA) is 97.3 Å². The molecule has 178 valence electrons. The number of nitrogens with one attached hydrogen (secondary N) is 1. The van der Waals surface area contributed by atoms with E-state index in [0.29, 0.717) is 38.5 Å². The summed E-state index contributed by atoms with van der Waals surface area (Å²) < 4.78 is 37.5. The van der Waals surface area contributed by atoms with Gasteiger partial charge in [-0.15, -0.1) is 0 Å². The van der Waals surface area contributed by atoms with E-state index in [9.17, 15) is 13.2 Å².